The van der Waals surface area contributed by atoms with E-state index in [1.807, 2.05) is 6.92 Å². The zero-order valence-electron chi connectivity index (χ0n) is 13.1. The predicted octanol–water partition coefficient (Wildman–Crippen LogP) is 3.04. The number of carbonyl (C=O) groups excluding carboxylic acids is 1. The molecule has 2 N–H and O–H groups in total. The minimum absolute atomic E-state index is 0.1000. The fourth-order valence-corrected chi connectivity index (χ4v) is 3.14. The van der Waals surface area contributed by atoms with Gasteiger partial charge in [-0.15, -0.1) is 0 Å². The van der Waals surface area contributed by atoms with Gasteiger partial charge in [-0.25, -0.2) is 9.78 Å². The lowest BCUT2D eigenvalue weighted by Gasteiger charge is -2.28. The summed E-state index contributed by atoms with van der Waals surface area (Å²) < 4.78 is 5.51. The van der Waals surface area contributed by atoms with Gasteiger partial charge in [0.05, 0.1) is 0 Å². The summed E-state index contributed by atoms with van der Waals surface area (Å²) in [5.74, 6) is -1.37. The Morgan fingerprint density at radius 3 is 2.57 bits per heavy atom. The lowest BCUT2D eigenvalue weighted by molar-refractivity contribution is -0.145. The van der Waals surface area contributed by atoms with Gasteiger partial charge in [-0.2, -0.15) is 0 Å². The highest BCUT2D eigenvalue weighted by atomic mass is 16.4. The lowest BCUT2D eigenvalue weighted by Crippen LogP contribution is -2.54. The summed E-state index contributed by atoms with van der Waals surface area (Å²) in [5, 5.41) is 12.3. The van der Waals surface area contributed by atoms with Gasteiger partial charge in [-0.05, 0) is 31.9 Å². The molecule has 0 saturated heterocycles. The fraction of sp³-hybridized carbons (Fsp3) is 0.471. The second kappa shape index (κ2) is 6.02. The number of aliphatic carboxylic acids is 1. The number of carbonyl (C=O) groups is 2. The molecule has 0 unspecified atom stereocenters. The molecule has 0 aromatic carbocycles. The van der Waals surface area contributed by atoms with Gasteiger partial charge < -0.3 is 14.8 Å². The molecule has 1 fully saturated rings. The third kappa shape index (κ3) is 3.06. The van der Waals surface area contributed by atoms with Crippen molar-refractivity contribution in [3.05, 3.63) is 29.7 Å². The molecule has 1 aliphatic rings. The summed E-state index contributed by atoms with van der Waals surface area (Å²) in [6.45, 7) is 1.86. The molecule has 0 radical (unpaired) electrons. The summed E-state index contributed by atoms with van der Waals surface area (Å²) in [6.07, 6.45) is 4.50. The number of aryl methyl sites for hydroxylation is 1. The maximum absolute atomic E-state index is 12.5. The first-order valence-electron chi connectivity index (χ1n) is 7.93. The van der Waals surface area contributed by atoms with Crippen molar-refractivity contribution in [2.24, 2.45) is 0 Å². The molecule has 23 heavy (non-hydrogen) atoms. The predicted molar refractivity (Wildman–Crippen MR) is 84.3 cm³/mol. The molecule has 6 heteroatoms. The van der Waals surface area contributed by atoms with Crippen molar-refractivity contribution in [1.82, 2.24) is 10.3 Å². The van der Waals surface area contributed by atoms with Crippen LogP contribution in [0, 0.1) is 6.92 Å². The Labute approximate surface area is 133 Å². The molecule has 1 saturated carbocycles. The highest BCUT2D eigenvalue weighted by molar-refractivity contribution is 5.98. The van der Waals surface area contributed by atoms with Gasteiger partial charge in [0.1, 0.15) is 11.1 Å². The zero-order valence-corrected chi connectivity index (χ0v) is 13.1. The van der Waals surface area contributed by atoms with E-state index >= 15 is 0 Å². The number of amides is 1. The molecule has 6 nitrogen and oxygen atoms in total. The van der Waals surface area contributed by atoms with E-state index in [2.05, 4.69) is 10.3 Å². The minimum Gasteiger partial charge on any atom is -0.480 e. The van der Waals surface area contributed by atoms with Crippen molar-refractivity contribution in [3.8, 4) is 0 Å². The van der Waals surface area contributed by atoms with Crippen LogP contribution < -0.4 is 5.32 Å². The van der Waals surface area contributed by atoms with Gasteiger partial charge in [0.15, 0.2) is 11.3 Å². The van der Waals surface area contributed by atoms with Crippen molar-refractivity contribution in [2.45, 2.75) is 51.0 Å². The number of nitrogens with one attached hydrogen (secondary N) is 1. The molecular weight excluding hydrogens is 296 g/mol. The molecule has 3 rings (SSSR count). The average Bonchev–Trinajstić information content (AvgIpc) is 2.78. The number of carboxylic acid groups (broad SMARTS) is 1. The summed E-state index contributed by atoms with van der Waals surface area (Å²) >= 11 is 0. The zero-order chi connectivity index (χ0) is 16.4. The van der Waals surface area contributed by atoms with Crippen LogP contribution in [0.5, 0.6) is 0 Å². The van der Waals surface area contributed by atoms with E-state index in [0.717, 1.165) is 31.4 Å². The maximum atomic E-state index is 12.5. The number of rotatable bonds is 3. The van der Waals surface area contributed by atoms with Crippen molar-refractivity contribution in [1.29, 1.82) is 0 Å². The average molecular weight is 316 g/mol. The summed E-state index contributed by atoms with van der Waals surface area (Å²) in [7, 11) is 0. The third-order valence-corrected chi connectivity index (χ3v) is 4.46. The smallest absolute Gasteiger partial charge is 0.329 e. The second-order valence-electron chi connectivity index (χ2n) is 6.20. The normalized spacial score (nSPS) is 17.6. The Morgan fingerprint density at radius 1 is 1.22 bits per heavy atom. The Kier molecular flexibility index (Phi) is 4.07. The van der Waals surface area contributed by atoms with E-state index in [1.54, 1.807) is 18.2 Å². The largest absolute Gasteiger partial charge is 0.480 e. The quantitative estimate of drug-likeness (QED) is 0.849. The van der Waals surface area contributed by atoms with E-state index < -0.39 is 17.4 Å². The molecule has 0 spiro atoms. The molecule has 1 aliphatic carbocycles. The summed E-state index contributed by atoms with van der Waals surface area (Å²) in [5.41, 5.74) is 0.748. The summed E-state index contributed by atoms with van der Waals surface area (Å²) in [6, 6.07) is 5.12. The van der Waals surface area contributed by atoms with Crippen molar-refractivity contribution < 1.29 is 19.1 Å². The molecule has 122 valence electrons. The van der Waals surface area contributed by atoms with E-state index in [1.165, 1.54) is 0 Å². The number of aromatic nitrogens is 1. The minimum atomic E-state index is -1.20. The number of furan rings is 1. The van der Waals surface area contributed by atoms with Gasteiger partial charge >= 0.3 is 5.97 Å². The van der Waals surface area contributed by atoms with E-state index in [0.29, 0.717) is 23.9 Å². The molecule has 2 aromatic heterocycles. The number of pyridine rings is 1. The molecule has 0 aliphatic heterocycles. The molecular formula is C17H20N2O4. The van der Waals surface area contributed by atoms with Crippen LogP contribution in [0.4, 0.5) is 0 Å². The van der Waals surface area contributed by atoms with Crippen LogP contribution >= 0.6 is 0 Å². The van der Waals surface area contributed by atoms with Crippen LogP contribution in [0.25, 0.3) is 11.1 Å². The van der Waals surface area contributed by atoms with Gasteiger partial charge in [-0.3, -0.25) is 4.79 Å². The molecule has 2 aromatic rings. The van der Waals surface area contributed by atoms with Crippen LogP contribution in [0.3, 0.4) is 0 Å². The van der Waals surface area contributed by atoms with Gasteiger partial charge in [0.25, 0.3) is 5.91 Å². The highest BCUT2D eigenvalue weighted by Crippen LogP contribution is 2.28. The first-order chi connectivity index (χ1) is 11.0. The van der Waals surface area contributed by atoms with Crippen LogP contribution in [-0.2, 0) is 4.79 Å². The number of nitrogens with zero attached hydrogens (tertiary/aromatic N) is 1. The third-order valence-electron chi connectivity index (χ3n) is 4.46. The Morgan fingerprint density at radius 2 is 1.91 bits per heavy atom. The van der Waals surface area contributed by atoms with E-state index in [-0.39, 0.29) is 5.76 Å². The Hall–Kier alpha value is -2.37. The monoisotopic (exact) mass is 316 g/mol. The van der Waals surface area contributed by atoms with Crippen LogP contribution in [0.15, 0.2) is 22.6 Å². The molecule has 1 amide bonds. The Bertz CT molecular complexity index is 742. The van der Waals surface area contributed by atoms with Gasteiger partial charge in [0.2, 0.25) is 0 Å². The first kappa shape index (κ1) is 15.5. The highest BCUT2D eigenvalue weighted by Gasteiger charge is 2.40. The molecule has 0 atom stereocenters. The number of hydrogen-bond acceptors (Lipinski definition) is 4. The first-order valence-corrected chi connectivity index (χ1v) is 7.93. The van der Waals surface area contributed by atoms with Crippen LogP contribution in [0.2, 0.25) is 0 Å². The van der Waals surface area contributed by atoms with Crippen molar-refractivity contribution in [2.75, 3.05) is 0 Å². The molecule has 2 heterocycles. The van der Waals surface area contributed by atoms with Crippen molar-refractivity contribution >= 4 is 23.0 Å². The lowest BCUT2D eigenvalue weighted by atomic mass is 9.90. The van der Waals surface area contributed by atoms with Crippen LogP contribution in [0.1, 0.15) is 54.8 Å². The topological polar surface area (TPSA) is 92.4 Å². The van der Waals surface area contributed by atoms with Gasteiger partial charge in [-0.1, -0.05) is 25.7 Å². The van der Waals surface area contributed by atoms with E-state index in [4.69, 9.17) is 4.42 Å². The fourth-order valence-electron chi connectivity index (χ4n) is 3.14. The Balaban J connectivity index is 1.86. The number of carboxylic acids is 1. The standard InChI is InChI=1S/C17H20N2O4/c1-11-6-7-13-12(18-11)10-14(23-13)15(20)19-17(16(21)22)8-4-2-3-5-9-17/h6-7,10H,2-5,8-9H2,1H3,(H,19,20)(H,21,22). The number of hydrogen-bond donors (Lipinski definition) is 2. The second-order valence-corrected chi connectivity index (χ2v) is 6.20. The summed E-state index contributed by atoms with van der Waals surface area (Å²) in [4.78, 5) is 28.6. The molecule has 0 bridgehead atoms. The maximum Gasteiger partial charge on any atom is 0.329 e. The van der Waals surface area contributed by atoms with Crippen LogP contribution in [-0.4, -0.2) is 27.5 Å². The van der Waals surface area contributed by atoms with Crippen molar-refractivity contribution in [3.63, 3.8) is 0 Å². The van der Waals surface area contributed by atoms with E-state index in [9.17, 15) is 14.7 Å². The number of fused-ring (bicyclic) bond motifs is 1. The van der Waals surface area contributed by atoms with Gasteiger partial charge in [0, 0.05) is 11.8 Å². The SMILES string of the molecule is Cc1ccc2oc(C(=O)NC3(C(=O)O)CCCCCC3)cc2n1.